The van der Waals surface area contributed by atoms with Gasteiger partial charge in [0, 0.05) is 16.1 Å². The molecule has 1 aliphatic carbocycles. The molecule has 0 saturated heterocycles. The van der Waals surface area contributed by atoms with E-state index < -0.39 is 16.1 Å². The van der Waals surface area contributed by atoms with Crippen LogP contribution in [0.15, 0.2) is 54.6 Å². The van der Waals surface area contributed by atoms with Crippen LogP contribution in [-0.4, -0.2) is 26.6 Å². The SMILES string of the molecule is CC[C@H](C(=O)Nc1ccc2c3c(cccc13)CC2)N(c1cccc(Cl)c1)S(C)(=O)=O. The molecule has 1 N–H and O–H groups in total. The Kier molecular flexibility index (Phi) is 5.47. The third-order valence-corrected chi connectivity index (χ3v) is 6.94. The Labute approximate surface area is 181 Å². The fourth-order valence-corrected chi connectivity index (χ4v) is 5.63. The van der Waals surface area contributed by atoms with Gasteiger partial charge in [-0.3, -0.25) is 9.10 Å². The van der Waals surface area contributed by atoms with E-state index in [1.54, 1.807) is 31.2 Å². The number of rotatable bonds is 6. The number of amides is 1. The van der Waals surface area contributed by atoms with Crippen molar-refractivity contribution in [1.29, 1.82) is 0 Å². The summed E-state index contributed by atoms with van der Waals surface area (Å²) in [6, 6.07) is 15.7. The molecule has 3 aromatic carbocycles. The maximum absolute atomic E-state index is 13.3. The minimum absolute atomic E-state index is 0.312. The van der Waals surface area contributed by atoms with Crippen LogP contribution in [0.1, 0.15) is 24.5 Å². The molecule has 3 aromatic rings. The normalized spacial score (nSPS) is 14.0. The van der Waals surface area contributed by atoms with Gasteiger partial charge in [-0.2, -0.15) is 0 Å². The zero-order valence-corrected chi connectivity index (χ0v) is 18.4. The molecule has 0 radical (unpaired) electrons. The number of hydrogen-bond donors (Lipinski definition) is 1. The van der Waals surface area contributed by atoms with E-state index in [1.807, 2.05) is 24.3 Å². The molecule has 5 nitrogen and oxygen atoms in total. The smallest absolute Gasteiger partial charge is 0.248 e. The Morgan fingerprint density at radius 1 is 1.10 bits per heavy atom. The lowest BCUT2D eigenvalue weighted by Gasteiger charge is -2.30. The molecule has 0 fully saturated rings. The fourth-order valence-electron chi connectivity index (χ4n) is 4.25. The lowest BCUT2D eigenvalue weighted by molar-refractivity contribution is -0.117. The minimum Gasteiger partial charge on any atom is -0.324 e. The summed E-state index contributed by atoms with van der Waals surface area (Å²) in [5.41, 5.74) is 3.62. The molecule has 1 atom stereocenters. The van der Waals surface area contributed by atoms with E-state index in [-0.39, 0.29) is 5.91 Å². The first-order valence-corrected chi connectivity index (χ1v) is 12.1. The highest BCUT2D eigenvalue weighted by Crippen LogP contribution is 2.35. The molecule has 0 saturated carbocycles. The molecular weight excluding hydrogens is 420 g/mol. The van der Waals surface area contributed by atoms with Gasteiger partial charge in [0.1, 0.15) is 6.04 Å². The Balaban J connectivity index is 1.72. The standard InChI is InChI=1S/C23H23ClN2O3S/c1-3-21(26(30(2,28)29)18-8-5-7-17(24)14-18)23(27)25-20-13-12-16-11-10-15-6-4-9-19(20)22(15)16/h4-9,12-14,21H,3,10-11H2,1-2H3,(H,25,27)/t21-/m1/s1. The molecule has 30 heavy (non-hydrogen) atoms. The van der Waals surface area contributed by atoms with Gasteiger partial charge in [0.25, 0.3) is 0 Å². The molecule has 7 heteroatoms. The maximum atomic E-state index is 13.3. The zero-order valence-electron chi connectivity index (χ0n) is 16.9. The Morgan fingerprint density at radius 3 is 2.47 bits per heavy atom. The highest BCUT2D eigenvalue weighted by Gasteiger charge is 2.32. The van der Waals surface area contributed by atoms with E-state index in [0.717, 1.165) is 28.8 Å². The molecule has 1 aliphatic rings. The van der Waals surface area contributed by atoms with Gasteiger partial charge in [-0.05, 0) is 60.0 Å². The van der Waals surface area contributed by atoms with Crippen molar-refractivity contribution in [3.05, 3.63) is 70.7 Å². The molecule has 0 spiro atoms. The lowest BCUT2D eigenvalue weighted by atomic mass is 10.0. The second-order valence-electron chi connectivity index (χ2n) is 7.56. The predicted octanol–water partition coefficient (Wildman–Crippen LogP) is 4.78. The van der Waals surface area contributed by atoms with Crippen LogP contribution in [0.25, 0.3) is 10.8 Å². The fraction of sp³-hybridized carbons (Fsp3) is 0.261. The van der Waals surface area contributed by atoms with Crippen molar-refractivity contribution in [2.75, 3.05) is 15.9 Å². The third kappa shape index (κ3) is 3.77. The first-order valence-electron chi connectivity index (χ1n) is 9.89. The third-order valence-electron chi connectivity index (χ3n) is 5.53. The summed E-state index contributed by atoms with van der Waals surface area (Å²) in [4.78, 5) is 13.3. The van der Waals surface area contributed by atoms with Crippen molar-refractivity contribution in [3.8, 4) is 0 Å². The summed E-state index contributed by atoms with van der Waals surface area (Å²) in [7, 11) is -3.72. The number of carbonyl (C=O) groups excluding carboxylic acids is 1. The highest BCUT2D eigenvalue weighted by molar-refractivity contribution is 7.92. The molecule has 0 heterocycles. The summed E-state index contributed by atoms with van der Waals surface area (Å²) < 4.78 is 26.4. The summed E-state index contributed by atoms with van der Waals surface area (Å²) >= 11 is 6.08. The van der Waals surface area contributed by atoms with Gasteiger partial charge in [0.15, 0.2) is 0 Å². The van der Waals surface area contributed by atoms with Gasteiger partial charge in [-0.1, -0.05) is 48.9 Å². The van der Waals surface area contributed by atoms with E-state index in [2.05, 4.69) is 11.4 Å². The number of anilines is 2. The molecule has 156 valence electrons. The van der Waals surface area contributed by atoms with Crippen LogP contribution in [0.3, 0.4) is 0 Å². The topological polar surface area (TPSA) is 66.5 Å². The van der Waals surface area contributed by atoms with Crippen LogP contribution in [0.2, 0.25) is 5.02 Å². The second kappa shape index (κ2) is 7.93. The monoisotopic (exact) mass is 442 g/mol. The summed E-state index contributed by atoms with van der Waals surface area (Å²) in [6.45, 7) is 1.79. The van der Waals surface area contributed by atoms with Crippen LogP contribution >= 0.6 is 11.6 Å². The summed E-state index contributed by atoms with van der Waals surface area (Å²) in [6.07, 6.45) is 3.41. The second-order valence-corrected chi connectivity index (χ2v) is 9.86. The van der Waals surface area contributed by atoms with E-state index in [9.17, 15) is 13.2 Å². The van der Waals surface area contributed by atoms with Crippen LogP contribution < -0.4 is 9.62 Å². The van der Waals surface area contributed by atoms with Gasteiger partial charge in [0.05, 0.1) is 11.9 Å². The van der Waals surface area contributed by atoms with Crippen molar-refractivity contribution in [1.82, 2.24) is 0 Å². The average molecular weight is 443 g/mol. The first-order chi connectivity index (χ1) is 14.3. The Bertz CT molecular complexity index is 1230. The van der Waals surface area contributed by atoms with Crippen LogP contribution in [0, 0.1) is 0 Å². The number of aryl methyl sites for hydroxylation is 2. The molecule has 0 unspecified atom stereocenters. The molecular formula is C23H23ClN2O3S. The van der Waals surface area contributed by atoms with E-state index in [0.29, 0.717) is 22.8 Å². The van der Waals surface area contributed by atoms with Crippen molar-refractivity contribution in [2.45, 2.75) is 32.2 Å². The van der Waals surface area contributed by atoms with E-state index >= 15 is 0 Å². The summed E-state index contributed by atoms with van der Waals surface area (Å²) in [5.74, 6) is -0.374. The van der Waals surface area contributed by atoms with Crippen LogP contribution in [0.5, 0.6) is 0 Å². The Morgan fingerprint density at radius 2 is 1.80 bits per heavy atom. The van der Waals surface area contributed by atoms with Crippen molar-refractivity contribution in [3.63, 3.8) is 0 Å². The highest BCUT2D eigenvalue weighted by atomic mass is 35.5. The maximum Gasteiger partial charge on any atom is 0.248 e. The van der Waals surface area contributed by atoms with Gasteiger partial charge < -0.3 is 5.32 Å². The largest absolute Gasteiger partial charge is 0.324 e. The van der Waals surface area contributed by atoms with Gasteiger partial charge in [-0.15, -0.1) is 0 Å². The number of nitrogens with zero attached hydrogens (tertiary/aromatic N) is 1. The van der Waals surface area contributed by atoms with Crippen molar-refractivity contribution in [2.24, 2.45) is 0 Å². The average Bonchev–Trinajstić information content (AvgIpc) is 3.11. The molecule has 1 amide bonds. The van der Waals surface area contributed by atoms with Gasteiger partial charge in [0.2, 0.25) is 15.9 Å². The van der Waals surface area contributed by atoms with Crippen molar-refractivity contribution < 1.29 is 13.2 Å². The molecule has 0 bridgehead atoms. The van der Waals surface area contributed by atoms with Gasteiger partial charge >= 0.3 is 0 Å². The lowest BCUT2D eigenvalue weighted by Crippen LogP contribution is -2.47. The van der Waals surface area contributed by atoms with Crippen molar-refractivity contribution >= 4 is 49.7 Å². The molecule has 0 aromatic heterocycles. The molecule has 0 aliphatic heterocycles. The summed E-state index contributed by atoms with van der Waals surface area (Å²) in [5, 5.41) is 5.56. The van der Waals surface area contributed by atoms with Crippen LogP contribution in [-0.2, 0) is 27.7 Å². The number of halogens is 1. The minimum atomic E-state index is -3.72. The predicted molar refractivity (Wildman–Crippen MR) is 123 cm³/mol. The number of nitrogens with one attached hydrogen (secondary N) is 1. The van der Waals surface area contributed by atoms with Crippen LogP contribution in [0.4, 0.5) is 11.4 Å². The number of sulfonamides is 1. The van der Waals surface area contributed by atoms with E-state index in [4.69, 9.17) is 11.6 Å². The number of hydrogen-bond acceptors (Lipinski definition) is 3. The van der Waals surface area contributed by atoms with Gasteiger partial charge in [-0.25, -0.2) is 8.42 Å². The van der Waals surface area contributed by atoms with E-state index in [1.165, 1.54) is 16.5 Å². The quantitative estimate of drug-likeness (QED) is 0.597. The molecule has 4 rings (SSSR count). The number of benzene rings is 3. The Hall–Kier alpha value is -2.57. The number of carbonyl (C=O) groups is 1. The first kappa shape index (κ1) is 20.7. The zero-order chi connectivity index (χ0) is 21.5.